The summed E-state index contributed by atoms with van der Waals surface area (Å²) >= 11 is 0. The van der Waals surface area contributed by atoms with Gasteiger partial charge in [0.2, 0.25) is 0 Å². The van der Waals surface area contributed by atoms with Gasteiger partial charge in [0.1, 0.15) is 0 Å². The van der Waals surface area contributed by atoms with Crippen molar-refractivity contribution in [2.24, 2.45) is 5.92 Å². The van der Waals surface area contributed by atoms with E-state index >= 15 is 0 Å². The highest BCUT2D eigenvalue weighted by molar-refractivity contribution is 4.64. The Morgan fingerprint density at radius 3 is 2.46 bits per heavy atom. The summed E-state index contributed by atoms with van der Waals surface area (Å²) in [6, 6.07) is 0. The molecule has 13 heavy (non-hydrogen) atoms. The Labute approximate surface area is 81.6 Å². The van der Waals surface area contributed by atoms with Crippen molar-refractivity contribution in [2.45, 2.75) is 52.2 Å². The van der Waals surface area contributed by atoms with Crippen LogP contribution in [0.5, 0.6) is 0 Å². The fourth-order valence-corrected chi connectivity index (χ4v) is 1.78. The van der Waals surface area contributed by atoms with E-state index in [0.717, 1.165) is 19.6 Å². The van der Waals surface area contributed by atoms with Crippen molar-refractivity contribution in [3.05, 3.63) is 0 Å². The lowest BCUT2D eigenvalue weighted by Gasteiger charge is -2.29. The van der Waals surface area contributed by atoms with Gasteiger partial charge in [0.05, 0.1) is 13.2 Å². The standard InChI is InChI=1S/C11H22O2/c1-3-5-7-10(4-2)11-12-8-6-9-13-11/h10-11H,3-9H2,1-2H3/t10-/m1/s1. The van der Waals surface area contributed by atoms with Crippen LogP contribution in [0.2, 0.25) is 0 Å². The summed E-state index contributed by atoms with van der Waals surface area (Å²) in [5, 5.41) is 0. The zero-order chi connectivity index (χ0) is 9.52. The summed E-state index contributed by atoms with van der Waals surface area (Å²) in [6.45, 7) is 6.22. The highest BCUT2D eigenvalue weighted by Crippen LogP contribution is 2.22. The van der Waals surface area contributed by atoms with E-state index in [1.807, 2.05) is 0 Å². The third-order valence-corrected chi connectivity index (χ3v) is 2.69. The highest BCUT2D eigenvalue weighted by atomic mass is 16.7. The molecule has 1 heterocycles. The minimum absolute atomic E-state index is 0.0882. The molecule has 1 rings (SSSR count). The van der Waals surface area contributed by atoms with Gasteiger partial charge in [0.15, 0.2) is 6.29 Å². The molecule has 0 amide bonds. The molecule has 0 spiro atoms. The van der Waals surface area contributed by atoms with Gasteiger partial charge in [-0.15, -0.1) is 0 Å². The minimum atomic E-state index is 0.0882. The smallest absolute Gasteiger partial charge is 0.160 e. The zero-order valence-corrected chi connectivity index (χ0v) is 8.92. The van der Waals surface area contributed by atoms with Gasteiger partial charge in [0, 0.05) is 5.92 Å². The zero-order valence-electron chi connectivity index (χ0n) is 8.92. The molecule has 2 nitrogen and oxygen atoms in total. The van der Waals surface area contributed by atoms with Gasteiger partial charge in [-0.3, -0.25) is 0 Å². The molecule has 0 aliphatic carbocycles. The SMILES string of the molecule is CCCC[C@@H](CC)C1OCCCO1. The predicted octanol–water partition coefficient (Wildman–Crippen LogP) is 2.97. The molecule has 1 aliphatic rings. The second kappa shape index (κ2) is 6.39. The number of unbranched alkanes of at least 4 members (excludes halogenated alkanes) is 1. The maximum atomic E-state index is 5.61. The molecule has 0 saturated carbocycles. The summed E-state index contributed by atoms with van der Waals surface area (Å²) in [5.74, 6) is 0.611. The molecular formula is C11H22O2. The Balaban J connectivity index is 2.26. The van der Waals surface area contributed by atoms with E-state index in [-0.39, 0.29) is 6.29 Å². The first-order valence-electron chi connectivity index (χ1n) is 5.61. The van der Waals surface area contributed by atoms with Crippen molar-refractivity contribution in [2.75, 3.05) is 13.2 Å². The van der Waals surface area contributed by atoms with Crippen LogP contribution in [0.25, 0.3) is 0 Å². The van der Waals surface area contributed by atoms with E-state index in [9.17, 15) is 0 Å². The quantitative estimate of drug-likeness (QED) is 0.657. The van der Waals surface area contributed by atoms with Crippen LogP contribution < -0.4 is 0 Å². The summed E-state index contributed by atoms with van der Waals surface area (Å²) in [4.78, 5) is 0. The van der Waals surface area contributed by atoms with Gasteiger partial charge >= 0.3 is 0 Å². The van der Waals surface area contributed by atoms with Crippen LogP contribution in [0.4, 0.5) is 0 Å². The predicted molar refractivity (Wildman–Crippen MR) is 53.6 cm³/mol. The Bertz CT molecular complexity index is 119. The first kappa shape index (κ1) is 11.0. The molecule has 78 valence electrons. The van der Waals surface area contributed by atoms with Crippen LogP contribution in [0.1, 0.15) is 46.0 Å². The van der Waals surface area contributed by atoms with Gasteiger partial charge in [-0.2, -0.15) is 0 Å². The summed E-state index contributed by atoms with van der Waals surface area (Å²) < 4.78 is 11.2. The lowest BCUT2D eigenvalue weighted by molar-refractivity contribution is -0.206. The molecule has 1 saturated heterocycles. The number of ether oxygens (including phenoxy) is 2. The number of hydrogen-bond acceptors (Lipinski definition) is 2. The molecule has 0 radical (unpaired) electrons. The Hall–Kier alpha value is -0.0800. The van der Waals surface area contributed by atoms with E-state index < -0.39 is 0 Å². The van der Waals surface area contributed by atoms with Crippen LogP contribution in [-0.4, -0.2) is 19.5 Å². The van der Waals surface area contributed by atoms with E-state index in [1.54, 1.807) is 0 Å². The van der Waals surface area contributed by atoms with E-state index in [4.69, 9.17) is 9.47 Å². The van der Waals surface area contributed by atoms with Gasteiger partial charge in [-0.25, -0.2) is 0 Å². The second-order valence-electron chi connectivity index (χ2n) is 3.77. The summed E-state index contributed by atoms with van der Waals surface area (Å²) in [6.07, 6.45) is 6.12. The molecule has 1 fully saturated rings. The Morgan fingerprint density at radius 1 is 1.23 bits per heavy atom. The number of rotatable bonds is 5. The summed E-state index contributed by atoms with van der Waals surface area (Å²) in [7, 11) is 0. The first-order valence-corrected chi connectivity index (χ1v) is 5.61. The highest BCUT2D eigenvalue weighted by Gasteiger charge is 2.23. The average molecular weight is 186 g/mol. The van der Waals surface area contributed by atoms with Gasteiger partial charge in [-0.05, 0) is 19.3 Å². The maximum absolute atomic E-state index is 5.61. The Kier molecular flexibility index (Phi) is 5.40. The lowest BCUT2D eigenvalue weighted by Crippen LogP contribution is -2.32. The van der Waals surface area contributed by atoms with Crippen LogP contribution in [0.15, 0.2) is 0 Å². The Morgan fingerprint density at radius 2 is 1.92 bits per heavy atom. The molecule has 0 aromatic carbocycles. The van der Waals surface area contributed by atoms with Crippen molar-refractivity contribution in [1.29, 1.82) is 0 Å². The molecule has 0 bridgehead atoms. The van der Waals surface area contributed by atoms with Gasteiger partial charge in [-0.1, -0.05) is 26.7 Å². The largest absolute Gasteiger partial charge is 0.352 e. The molecular weight excluding hydrogens is 164 g/mol. The molecule has 0 unspecified atom stereocenters. The van der Waals surface area contributed by atoms with Crippen molar-refractivity contribution in [1.82, 2.24) is 0 Å². The van der Waals surface area contributed by atoms with Crippen molar-refractivity contribution < 1.29 is 9.47 Å². The first-order chi connectivity index (χ1) is 6.38. The van der Waals surface area contributed by atoms with Crippen molar-refractivity contribution in [3.63, 3.8) is 0 Å². The van der Waals surface area contributed by atoms with Gasteiger partial charge < -0.3 is 9.47 Å². The molecule has 0 aromatic rings. The maximum Gasteiger partial charge on any atom is 0.160 e. The lowest BCUT2D eigenvalue weighted by atomic mass is 9.98. The number of hydrogen-bond donors (Lipinski definition) is 0. The topological polar surface area (TPSA) is 18.5 Å². The average Bonchev–Trinajstić information content (AvgIpc) is 2.21. The molecule has 1 atom stereocenters. The van der Waals surface area contributed by atoms with E-state index in [2.05, 4.69) is 13.8 Å². The van der Waals surface area contributed by atoms with Crippen LogP contribution in [0.3, 0.4) is 0 Å². The van der Waals surface area contributed by atoms with E-state index in [0.29, 0.717) is 5.92 Å². The molecule has 2 heteroatoms. The molecule has 1 aliphatic heterocycles. The van der Waals surface area contributed by atoms with Crippen LogP contribution in [-0.2, 0) is 9.47 Å². The fraction of sp³-hybridized carbons (Fsp3) is 1.00. The summed E-state index contributed by atoms with van der Waals surface area (Å²) in [5.41, 5.74) is 0. The van der Waals surface area contributed by atoms with Gasteiger partial charge in [0.25, 0.3) is 0 Å². The third kappa shape index (κ3) is 3.65. The normalized spacial score (nSPS) is 21.7. The fourth-order valence-electron chi connectivity index (χ4n) is 1.78. The van der Waals surface area contributed by atoms with Crippen LogP contribution in [0, 0.1) is 5.92 Å². The third-order valence-electron chi connectivity index (χ3n) is 2.69. The monoisotopic (exact) mass is 186 g/mol. The van der Waals surface area contributed by atoms with E-state index in [1.165, 1.54) is 25.7 Å². The minimum Gasteiger partial charge on any atom is -0.352 e. The molecule has 0 aromatic heterocycles. The van der Waals surface area contributed by atoms with Crippen LogP contribution >= 0.6 is 0 Å². The van der Waals surface area contributed by atoms with Crippen molar-refractivity contribution >= 4 is 0 Å². The second-order valence-corrected chi connectivity index (χ2v) is 3.77. The molecule has 0 N–H and O–H groups in total. The van der Waals surface area contributed by atoms with Crippen molar-refractivity contribution in [3.8, 4) is 0 Å².